The van der Waals surface area contributed by atoms with Gasteiger partial charge in [-0.3, -0.25) is 10.4 Å². The van der Waals surface area contributed by atoms with Crippen molar-refractivity contribution in [2.45, 2.75) is 12.8 Å². The van der Waals surface area contributed by atoms with Crippen LogP contribution in [-0.4, -0.2) is 24.5 Å². The summed E-state index contributed by atoms with van der Waals surface area (Å²) < 4.78 is 0. The van der Waals surface area contributed by atoms with Gasteiger partial charge in [-0.05, 0) is 37.0 Å². The number of hydrogen-bond donors (Lipinski definition) is 3. The zero-order valence-electron chi connectivity index (χ0n) is 10.1. The summed E-state index contributed by atoms with van der Waals surface area (Å²) in [6.45, 7) is 0.792. The Hall–Kier alpha value is -1.20. The van der Waals surface area contributed by atoms with Gasteiger partial charge in [0.05, 0.1) is 0 Å². The first-order valence-electron chi connectivity index (χ1n) is 5.69. The second-order valence-corrected chi connectivity index (χ2v) is 4.55. The SMILES string of the molecule is CSCCCCN=C(NN)Nc1ccccc1. The van der Waals surface area contributed by atoms with Crippen molar-refractivity contribution in [1.82, 2.24) is 5.43 Å². The number of hydrogen-bond acceptors (Lipinski definition) is 3. The van der Waals surface area contributed by atoms with Gasteiger partial charge >= 0.3 is 0 Å². The van der Waals surface area contributed by atoms with Crippen molar-refractivity contribution in [3.8, 4) is 0 Å². The second-order valence-electron chi connectivity index (χ2n) is 3.57. The zero-order chi connectivity index (χ0) is 12.3. The van der Waals surface area contributed by atoms with Gasteiger partial charge in [0, 0.05) is 12.2 Å². The molecule has 1 aromatic rings. The molecular formula is C12H20N4S. The van der Waals surface area contributed by atoms with Crippen LogP contribution in [0.3, 0.4) is 0 Å². The maximum absolute atomic E-state index is 5.41. The number of para-hydroxylation sites is 1. The fourth-order valence-corrected chi connectivity index (χ4v) is 1.82. The standard InChI is InChI=1S/C12H20N4S/c1-17-10-6-5-9-14-12(16-13)15-11-7-3-2-4-8-11/h2-4,7-8H,5-6,9-10,13H2,1H3,(H2,14,15,16). The minimum absolute atomic E-state index is 0.611. The molecule has 5 heteroatoms. The molecule has 0 unspecified atom stereocenters. The van der Waals surface area contributed by atoms with Gasteiger partial charge in [-0.25, -0.2) is 5.84 Å². The van der Waals surface area contributed by atoms with Crippen molar-refractivity contribution in [2.24, 2.45) is 10.8 Å². The van der Waals surface area contributed by atoms with Gasteiger partial charge < -0.3 is 5.32 Å². The monoisotopic (exact) mass is 252 g/mol. The molecule has 94 valence electrons. The molecule has 0 radical (unpaired) electrons. The molecule has 0 spiro atoms. The second kappa shape index (κ2) is 8.90. The molecule has 0 aliphatic rings. The van der Waals surface area contributed by atoms with E-state index in [1.54, 1.807) is 0 Å². The molecule has 0 bridgehead atoms. The average molecular weight is 252 g/mol. The molecule has 0 atom stereocenters. The molecule has 0 aromatic heterocycles. The first-order valence-corrected chi connectivity index (χ1v) is 7.08. The number of nitrogens with two attached hydrogens (primary N) is 1. The summed E-state index contributed by atoms with van der Waals surface area (Å²) in [5.74, 6) is 7.21. The van der Waals surface area contributed by atoms with Crippen LogP contribution in [0.25, 0.3) is 0 Å². The number of hydrazine groups is 1. The molecule has 17 heavy (non-hydrogen) atoms. The van der Waals surface area contributed by atoms with E-state index in [-0.39, 0.29) is 0 Å². The van der Waals surface area contributed by atoms with E-state index in [1.165, 1.54) is 12.2 Å². The van der Waals surface area contributed by atoms with Crippen LogP contribution >= 0.6 is 11.8 Å². The van der Waals surface area contributed by atoms with Crippen molar-refractivity contribution < 1.29 is 0 Å². The summed E-state index contributed by atoms with van der Waals surface area (Å²) >= 11 is 1.86. The van der Waals surface area contributed by atoms with Crippen molar-refractivity contribution in [3.63, 3.8) is 0 Å². The topological polar surface area (TPSA) is 62.4 Å². The van der Waals surface area contributed by atoms with Crippen LogP contribution in [0.2, 0.25) is 0 Å². The van der Waals surface area contributed by atoms with Crippen LogP contribution < -0.4 is 16.6 Å². The van der Waals surface area contributed by atoms with Gasteiger partial charge in [0.25, 0.3) is 0 Å². The first-order chi connectivity index (χ1) is 8.36. The number of aliphatic imine (C=N–C) groups is 1. The Kier molecular flexibility index (Phi) is 7.25. The molecule has 0 fully saturated rings. The number of guanidine groups is 1. The highest BCUT2D eigenvalue weighted by molar-refractivity contribution is 7.98. The highest BCUT2D eigenvalue weighted by atomic mass is 32.2. The van der Waals surface area contributed by atoms with Crippen LogP contribution in [0.4, 0.5) is 5.69 Å². The fourth-order valence-electron chi connectivity index (χ4n) is 1.33. The van der Waals surface area contributed by atoms with E-state index in [0.717, 1.165) is 18.7 Å². The predicted molar refractivity (Wildman–Crippen MR) is 77.3 cm³/mol. The summed E-state index contributed by atoms with van der Waals surface area (Å²) in [7, 11) is 0. The molecular weight excluding hydrogens is 232 g/mol. The van der Waals surface area contributed by atoms with E-state index >= 15 is 0 Å². The van der Waals surface area contributed by atoms with Crippen LogP contribution in [-0.2, 0) is 0 Å². The Morgan fingerprint density at radius 2 is 2.06 bits per heavy atom. The van der Waals surface area contributed by atoms with Crippen molar-refractivity contribution in [1.29, 1.82) is 0 Å². The number of rotatable bonds is 6. The summed E-state index contributed by atoms with van der Waals surface area (Å²) in [6.07, 6.45) is 4.39. The number of thioether (sulfide) groups is 1. The third kappa shape index (κ3) is 6.19. The Labute approximate surface area is 107 Å². The zero-order valence-corrected chi connectivity index (χ0v) is 11.0. The molecule has 4 nitrogen and oxygen atoms in total. The van der Waals surface area contributed by atoms with Gasteiger partial charge in [0.15, 0.2) is 0 Å². The van der Waals surface area contributed by atoms with E-state index in [9.17, 15) is 0 Å². The fraction of sp³-hybridized carbons (Fsp3) is 0.417. The number of anilines is 1. The Morgan fingerprint density at radius 1 is 1.29 bits per heavy atom. The van der Waals surface area contributed by atoms with E-state index in [2.05, 4.69) is 22.0 Å². The molecule has 4 N–H and O–H groups in total. The normalized spacial score (nSPS) is 11.3. The lowest BCUT2D eigenvalue weighted by Crippen LogP contribution is -2.36. The van der Waals surface area contributed by atoms with Crippen molar-refractivity contribution >= 4 is 23.4 Å². The van der Waals surface area contributed by atoms with Gasteiger partial charge in [-0.2, -0.15) is 11.8 Å². The quantitative estimate of drug-likeness (QED) is 0.238. The third-order valence-corrected chi connectivity index (χ3v) is 2.90. The van der Waals surface area contributed by atoms with E-state index in [4.69, 9.17) is 5.84 Å². The first kappa shape index (κ1) is 13.9. The largest absolute Gasteiger partial charge is 0.325 e. The lowest BCUT2D eigenvalue weighted by Gasteiger charge is -2.08. The van der Waals surface area contributed by atoms with Crippen LogP contribution in [0.1, 0.15) is 12.8 Å². The summed E-state index contributed by atoms with van der Waals surface area (Å²) in [4.78, 5) is 4.37. The van der Waals surface area contributed by atoms with Crippen LogP contribution in [0, 0.1) is 0 Å². The van der Waals surface area contributed by atoms with Gasteiger partial charge in [0.1, 0.15) is 0 Å². The third-order valence-electron chi connectivity index (χ3n) is 2.20. The van der Waals surface area contributed by atoms with E-state index in [0.29, 0.717) is 5.96 Å². The maximum atomic E-state index is 5.41. The van der Waals surface area contributed by atoms with Crippen LogP contribution in [0.15, 0.2) is 35.3 Å². The summed E-state index contributed by atoms with van der Waals surface area (Å²) in [5.41, 5.74) is 3.56. The van der Waals surface area contributed by atoms with Gasteiger partial charge in [-0.15, -0.1) is 0 Å². The molecule has 0 amide bonds. The number of nitrogens with one attached hydrogen (secondary N) is 2. The molecule has 1 rings (SSSR count). The van der Waals surface area contributed by atoms with Gasteiger partial charge in [0.2, 0.25) is 5.96 Å². The molecule has 0 heterocycles. The smallest absolute Gasteiger partial charge is 0.210 e. The lowest BCUT2D eigenvalue weighted by molar-refractivity contribution is 0.808. The Morgan fingerprint density at radius 3 is 2.71 bits per heavy atom. The maximum Gasteiger partial charge on any atom is 0.210 e. The molecule has 0 aliphatic heterocycles. The van der Waals surface area contributed by atoms with E-state index < -0.39 is 0 Å². The number of nitrogens with zero attached hydrogens (tertiary/aromatic N) is 1. The minimum Gasteiger partial charge on any atom is -0.325 e. The Balaban J connectivity index is 2.35. The predicted octanol–water partition coefficient (Wildman–Crippen LogP) is 2.06. The minimum atomic E-state index is 0.611. The summed E-state index contributed by atoms with van der Waals surface area (Å²) in [5, 5.41) is 3.13. The lowest BCUT2D eigenvalue weighted by atomic mass is 10.3. The Bertz CT molecular complexity index is 327. The van der Waals surface area contributed by atoms with E-state index in [1.807, 2.05) is 42.1 Å². The van der Waals surface area contributed by atoms with Crippen molar-refractivity contribution in [3.05, 3.63) is 30.3 Å². The highest BCUT2D eigenvalue weighted by Crippen LogP contribution is 2.04. The average Bonchev–Trinajstić information content (AvgIpc) is 2.38. The number of benzene rings is 1. The molecule has 0 saturated heterocycles. The molecule has 0 saturated carbocycles. The number of unbranched alkanes of at least 4 members (excludes halogenated alkanes) is 1. The summed E-state index contributed by atoms with van der Waals surface area (Å²) in [6, 6.07) is 9.85. The van der Waals surface area contributed by atoms with Gasteiger partial charge in [-0.1, -0.05) is 18.2 Å². The van der Waals surface area contributed by atoms with Crippen molar-refractivity contribution in [2.75, 3.05) is 23.9 Å². The molecule has 1 aromatic carbocycles. The van der Waals surface area contributed by atoms with Crippen LogP contribution in [0.5, 0.6) is 0 Å². The highest BCUT2D eigenvalue weighted by Gasteiger charge is 1.96. The molecule has 0 aliphatic carbocycles.